The van der Waals surface area contributed by atoms with E-state index in [2.05, 4.69) is 18.0 Å². The van der Waals surface area contributed by atoms with Gasteiger partial charge >= 0.3 is 5.97 Å². The molecule has 7 nitrogen and oxygen atoms in total. The summed E-state index contributed by atoms with van der Waals surface area (Å²) in [5.74, 6) is -0.769. The number of nitrogens with zero attached hydrogens (tertiary/aromatic N) is 2. The van der Waals surface area contributed by atoms with Crippen LogP contribution in [-0.4, -0.2) is 37.7 Å². The third-order valence-corrected chi connectivity index (χ3v) is 7.26. The molecule has 3 rings (SSSR count). The van der Waals surface area contributed by atoms with Gasteiger partial charge in [-0.1, -0.05) is 42.9 Å². The minimum Gasteiger partial charge on any atom is -0.465 e. The quantitative estimate of drug-likeness (QED) is 0.428. The van der Waals surface area contributed by atoms with E-state index >= 15 is 0 Å². The Hall–Kier alpha value is -2.78. The Bertz CT molecular complexity index is 1320. The maximum Gasteiger partial charge on any atom is 0.326 e. The Kier molecular flexibility index (Phi) is 8.20. The molecule has 0 unspecified atom stereocenters. The van der Waals surface area contributed by atoms with Gasteiger partial charge in [-0.2, -0.15) is 4.99 Å². The van der Waals surface area contributed by atoms with Crippen molar-refractivity contribution in [3.63, 3.8) is 0 Å². The molecule has 0 aliphatic rings. The van der Waals surface area contributed by atoms with Crippen LogP contribution in [-0.2, 0) is 43.5 Å². The maximum atomic E-state index is 12.7. The third-order valence-electron chi connectivity index (χ3n) is 5.09. The van der Waals surface area contributed by atoms with E-state index in [4.69, 9.17) is 4.74 Å². The minimum atomic E-state index is -3.30. The monoisotopic (exact) mass is 488 g/mol. The lowest BCUT2D eigenvalue weighted by Crippen LogP contribution is -2.23. The largest absolute Gasteiger partial charge is 0.465 e. The van der Waals surface area contributed by atoms with Gasteiger partial charge < -0.3 is 9.30 Å². The summed E-state index contributed by atoms with van der Waals surface area (Å²) in [5.41, 5.74) is 2.70. The molecule has 0 N–H and O–H groups in total. The topological polar surface area (TPSA) is 94.8 Å². The summed E-state index contributed by atoms with van der Waals surface area (Å²) in [6.07, 6.45) is 4.33. The van der Waals surface area contributed by atoms with Gasteiger partial charge in [0.15, 0.2) is 14.6 Å². The fourth-order valence-electron chi connectivity index (χ4n) is 3.40. The van der Waals surface area contributed by atoms with Crippen molar-refractivity contribution in [2.24, 2.45) is 4.99 Å². The predicted molar refractivity (Wildman–Crippen MR) is 129 cm³/mol. The predicted octanol–water partition coefficient (Wildman–Crippen LogP) is 3.68. The average molecular weight is 489 g/mol. The highest BCUT2D eigenvalue weighted by Crippen LogP contribution is 2.21. The number of carbonyl (C=O) groups excluding carboxylic acids is 2. The molecule has 33 heavy (non-hydrogen) atoms. The van der Waals surface area contributed by atoms with E-state index < -0.39 is 15.8 Å². The molecule has 9 heteroatoms. The second kappa shape index (κ2) is 10.9. The molecule has 0 saturated heterocycles. The van der Waals surface area contributed by atoms with Gasteiger partial charge in [-0.15, -0.1) is 0 Å². The number of hydrogen-bond acceptors (Lipinski definition) is 6. The number of unbranched alkanes of at least 4 members (excludes halogenated alkanes) is 1. The summed E-state index contributed by atoms with van der Waals surface area (Å²) in [5, 5.41) is 0. The summed E-state index contributed by atoms with van der Waals surface area (Å²) in [4.78, 5) is 29.8. The SMILES string of the molecule is CCCCc1ccc2c(c1)sc(=NC(=O)Cc1ccc(S(C)(=O)=O)cc1)n2CC(=O)OCC. The highest BCUT2D eigenvalue weighted by Gasteiger charge is 2.14. The van der Waals surface area contributed by atoms with Crippen molar-refractivity contribution < 1.29 is 22.7 Å². The summed E-state index contributed by atoms with van der Waals surface area (Å²) < 4.78 is 31.0. The molecule has 3 aromatic rings. The van der Waals surface area contributed by atoms with Crippen molar-refractivity contribution in [1.29, 1.82) is 0 Å². The van der Waals surface area contributed by atoms with Crippen LogP contribution in [0, 0.1) is 0 Å². The van der Waals surface area contributed by atoms with Gasteiger partial charge in [-0.05, 0) is 55.2 Å². The average Bonchev–Trinajstić information content (AvgIpc) is 3.08. The molecule has 2 aromatic carbocycles. The standard InChI is InChI=1S/C24H28N2O5S2/c1-4-6-7-17-10-13-20-21(14-17)32-24(26(20)16-23(28)31-5-2)25-22(27)15-18-8-11-19(12-9-18)33(3,29)30/h8-14H,4-7,15-16H2,1-3H3. The molecular weight excluding hydrogens is 460 g/mol. The number of carbonyl (C=O) groups is 2. The van der Waals surface area contributed by atoms with Gasteiger partial charge in [0.2, 0.25) is 0 Å². The minimum absolute atomic E-state index is 0.0272. The van der Waals surface area contributed by atoms with Crippen LogP contribution in [0.15, 0.2) is 52.4 Å². The molecule has 1 aromatic heterocycles. The maximum absolute atomic E-state index is 12.7. The zero-order valence-electron chi connectivity index (χ0n) is 19.0. The summed E-state index contributed by atoms with van der Waals surface area (Å²) in [6, 6.07) is 12.3. The van der Waals surface area contributed by atoms with E-state index in [1.54, 1.807) is 23.6 Å². The fourth-order valence-corrected chi connectivity index (χ4v) is 5.14. The van der Waals surface area contributed by atoms with Crippen LogP contribution in [0.2, 0.25) is 0 Å². The molecule has 0 fully saturated rings. The molecule has 0 radical (unpaired) electrons. The van der Waals surface area contributed by atoms with Crippen LogP contribution >= 0.6 is 11.3 Å². The number of aryl methyl sites for hydroxylation is 1. The Labute approximate surface area is 197 Å². The summed E-state index contributed by atoms with van der Waals surface area (Å²) >= 11 is 1.36. The fraction of sp³-hybridized carbons (Fsp3) is 0.375. The van der Waals surface area contributed by atoms with Crippen molar-refractivity contribution >= 4 is 43.3 Å². The Morgan fingerprint density at radius 3 is 2.39 bits per heavy atom. The van der Waals surface area contributed by atoms with Crippen molar-refractivity contribution in [1.82, 2.24) is 4.57 Å². The van der Waals surface area contributed by atoms with Gasteiger partial charge in [0.25, 0.3) is 5.91 Å². The Morgan fingerprint density at radius 2 is 1.76 bits per heavy atom. The number of thiazole rings is 1. The molecule has 0 bridgehead atoms. The van der Waals surface area contributed by atoms with E-state index in [1.165, 1.54) is 29.0 Å². The Balaban J connectivity index is 1.94. The van der Waals surface area contributed by atoms with Crippen molar-refractivity contribution in [2.45, 2.75) is 51.0 Å². The highest BCUT2D eigenvalue weighted by molar-refractivity contribution is 7.90. The number of hydrogen-bond donors (Lipinski definition) is 0. The summed E-state index contributed by atoms with van der Waals surface area (Å²) in [6.45, 7) is 4.14. The number of aromatic nitrogens is 1. The van der Waals surface area contributed by atoms with E-state index in [9.17, 15) is 18.0 Å². The van der Waals surface area contributed by atoms with Crippen molar-refractivity contribution in [2.75, 3.05) is 12.9 Å². The molecular formula is C24H28N2O5S2. The van der Waals surface area contributed by atoms with Gasteiger partial charge in [0, 0.05) is 6.26 Å². The molecule has 0 atom stereocenters. The number of ether oxygens (including phenoxy) is 1. The molecule has 0 aliphatic carbocycles. The lowest BCUT2D eigenvalue weighted by molar-refractivity contribution is -0.143. The smallest absolute Gasteiger partial charge is 0.326 e. The van der Waals surface area contributed by atoms with Crippen molar-refractivity contribution in [3.8, 4) is 0 Å². The number of benzene rings is 2. The van der Waals surface area contributed by atoms with Crippen LogP contribution in [0.4, 0.5) is 0 Å². The normalized spacial score (nSPS) is 12.3. The first kappa shape index (κ1) is 24.9. The molecule has 0 saturated carbocycles. The van der Waals surface area contributed by atoms with Crippen molar-refractivity contribution in [3.05, 3.63) is 58.4 Å². The number of rotatable bonds is 9. The highest BCUT2D eigenvalue weighted by atomic mass is 32.2. The van der Waals surface area contributed by atoms with E-state index in [0.717, 1.165) is 35.7 Å². The molecule has 1 amide bonds. The van der Waals surface area contributed by atoms with Gasteiger partial charge in [0.05, 0.1) is 28.1 Å². The Morgan fingerprint density at radius 1 is 1.06 bits per heavy atom. The molecule has 176 valence electrons. The van der Waals surface area contributed by atoms with Crippen LogP contribution in [0.25, 0.3) is 10.2 Å². The first-order valence-corrected chi connectivity index (χ1v) is 13.6. The molecule has 0 spiro atoms. The third kappa shape index (κ3) is 6.61. The van der Waals surface area contributed by atoms with Gasteiger partial charge in [0.1, 0.15) is 6.54 Å². The number of fused-ring (bicyclic) bond motifs is 1. The number of amides is 1. The molecule has 1 heterocycles. The first-order chi connectivity index (χ1) is 15.7. The van der Waals surface area contributed by atoms with Gasteiger partial charge in [-0.3, -0.25) is 9.59 Å². The van der Waals surface area contributed by atoms with Gasteiger partial charge in [-0.25, -0.2) is 8.42 Å². The first-order valence-electron chi connectivity index (χ1n) is 10.9. The van der Waals surface area contributed by atoms with E-state index in [-0.39, 0.29) is 30.4 Å². The number of esters is 1. The second-order valence-electron chi connectivity index (χ2n) is 7.78. The lowest BCUT2D eigenvalue weighted by Gasteiger charge is -2.06. The second-order valence-corrected chi connectivity index (χ2v) is 10.8. The zero-order valence-corrected chi connectivity index (χ0v) is 20.7. The lowest BCUT2D eigenvalue weighted by atomic mass is 10.1. The van der Waals surface area contributed by atoms with Crippen LogP contribution in [0.3, 0.4) is 0 Å². The molecule has 0 aliphatic heterocycles. The van der Waals surface area contributed by atoms with Crippen LogP contribution < -0.4 is 4.80 Å². The summed E-state index contributed by atoms with van der Waals surface area (Å²) in [7, 11) is -3.30. The van der Waals surface area contributed by atoms with Crippen LogP contribution in [0.1, 0.15) is 37.8 Å². The van der Waals surface area contributed by atoms with E-state index in [1.807, 2.05) is 12.1 Å². The number of sulfone groups is 1. The zero-order chi connectivity index (χ0) is 24.0. The van der Waals surface area contributed by atoms with E-state index in [0.29, 0.717) is 10.4 Å². The van der Waals surface area contributed by atoms with Crippen LogP contribution in [0.5, 0.6) is 0 Å².